The van der Waals surface area contributed by atoms with Gasteiger partial charge in [0.05, 0.1) is 30.2 Å². The first-order valence-electron chi connectivity index (χ1n) is 7.52. The fraction of sp³-hybridized carbons (Fsp3) is 0.714. The molecule has 1 aromatic heterocycles. The van der Waals surface area contributed by atoms with Gasteiger partial charge < -0.3 is 10.1 Å². The summed E-state index contributed by atoms with van der Waals surface area (Å²) < 4.78 is 31.1. The minimum atomic E-state index is -3.16. The van der Waals surface area contributed by atoms with Gasteiger partial charge in [-0.2, -0.15) is 9.40 Å². The van der Waals surface area contributed by atoms with Crippen molar-refractivity contribution in [1.29, 1.82) is 0 Å². The summed E-state index contributed by atoms with van der Waals surface area (Å²) in [6.45, 7) is 3.49. The second-order valence-electron chi connectivity index (χ2n) is 6.30. The molecule has 22 heavy (non-hydrogen) atoms. The van der Waals surface area contributed by atoms with Crippen molar-refractivity contribution in [3.05, 3.63) is 17.8 Å². The Labute approximate surface area is 131 Å². The zero-order valence-corrected chi connectivity index (χ0v) is 13.8. The molecule has 2 saturated heterocycles. The topological polar surface area (TPSA) is 84.4 Å². The Kier molecular flexibility index (Phi) is 4.09. The van der Waals surface area contributed by atoms with Gasteiger partial charge in [-0.3, -0.25) is 0 Å². The lowest BCUT2D eigenvalue weighted by Gasteiger charge is -2.38. The van der Waals surface area contributed by atoms with Crippen molar-refractivity contribution in [3.8, 4) is 0 Å². The quantitative estimate of drug-likeness (QED) is 0.883. The predicted octanol–water partition coefficient (Wildman–Crippen LogP) is 0.780. The number of rotatable bonds is 3. The fourth-order valence-corrected chi connectivity index (χ4v) is 4.18. The van der Waals surface area contributed by atoms with E-state index in [1.165, 1.54) is 10.6 Å². The number of hydrogen-bond acceptors (Lipinski definition) is 6. The Morgan fingerprint density at radius 1 is 1.41 bits per heavy atom. The lowest BCUT2D eigenvalue weighted by Crippen LogP contribution is -2.50. The highest BCUT2D eigenvalue weighted by molar-refractivity contribution is 7.88. The van der Waals surface area contributed by atoms with Gasteiger partial charge in [-0.25, -0.2) is 8.42 Å². The van der Waals surface area contributed by atoms with E-state index in [0.29, 0.717) is 19.7 Å². The van der Waals surface area contributed by atoms with E-state index in [1.54, 1.807) is 0 Å². The van der Waals surface area contributed by atoms with Crippen LogP contribution in [0.2, 0.25) is 0 Å². The third kappa shape index (κ3) is 3.39. The molecule has 0 radical (unpaired) electrons. The van der Waals surface area contributed by atoms with Gasteiger partial charge in [0.2, 0.25) is 10.0 Å². The van der Waals surface area contributed by atoms with E-state index in [4.69, 9.17) is 4.74 Å². The largest absolute Gasteiger partial charge is 0.371 e. The molecule has 0 bridgehead atoms. The summed E-state index contributed by atoms with van der Waals surface area (Å²) >= 11 is 0. The standard InChI is InChI=1S/C14H22N4O3S/c1-11-4-5-13(17-16-11)15-12-8-14(21-9-12)6-3-7-18(10-14)22(2,19)20/h4-5,12H,3,6-10H2,1-2H3,(H,15,17). The Morgan fingerprint density at radius 2 is 2.23 bits per heavy atom. The summed E-state index contributed by atoms with van der Waals surface area (Å²) in [6.07, 6.45) is 3.79. The van der Waals surface area contributed by atoms with E-state index in [2.05, 4.69) is 15.5 Å². The van der Waals surface area contributed by atoms with Gasteiger partial charge in [0, 0.05) is 19.5 Å². The molecule has 2 atom stereocenters. The minimum absolute atomic E-state index is 0.136. The molecule has 1 N–H and O–H groups in total. The number of piperidine rings is 1. The molecular formula is C14H22N4O3S. The Balaban J connectivity index is 1.65. The summed E-state index contributed by atoms with van der Waals surface area (Å²) in [7, 11) is -3.16. The van der Waals surface area contributed by atoms with Crippen molar-refractivity contribution in [1.82, 2.24) is 14.5 Å². The summed E-state index contributed by atoms with van der Waals surface area (Å²) in [4.78, 5) is 0. The average Bonchev–Trinajstić information content (AvgIpc) is 2.83. The first-order valence-corrected chi connectivity index (χ1v) is 9.37. The van der Waals surface area contributed by atoms with E-state index < -0.39 is 10.0 Å². The monoisotopic (exact) mass is 326 g/mol. The molecular weight excluding hydrogens is 304 g/mol. The van der Waals surface area contributed by atoms with Crippen LogP contribution in [0.5, 0.6) is 0 Å². The number of hydrogen-bond donors (Lipinski definition) is 1. The SMILES string of the molecule is Cc1ccc(NC2COC3(CCCN(S(C)(=O)=O)C3)C2)nn1. The summed E-state index contributed by atoms with van der Waals surface area (Å²) in [5.74, 6) is 0.729. The van der Waals surface area contributed by atoms with Crippen molar-refractivity contribution in [2.45, 2.75) is 37.8 Å². The molecule has 0 aliphatic carbocycles. The second-order valence-corrected chi connectivity index (χ2v) is 8.28. The van der Waals surface area contributed by atoms with Crippen LogP contribution >= 0.6 is 0 Å². The van der Waals surface area contributed by atoms with Gasteiger partial charge in [-0.15, -0.1) is 5.10 Å². The number of nitrogens with zero attached hydrogens (tertiary/aromatic N) is 3. The van der Waals surface area contributed by atoms with Crippen LogP contribution in [0.25, 0.3) is 0 Å². The molecule has 2 fully saturated rings. The molecule has 0 aromatic carbocycles. The highest BCUT2D eigenvalue weighted by Crippen LogP contribution is 2.36. The molecule has 1 aromatic rings. The summed E-state index contributed by atoms with van der Waals surface area (Å²) in [6, 6.07) is 3.95. The molecule has 7 nitrogen and oxygen atoms in total. The molecule has 122 valence electrons. The second kappa shape index (κ2) is 5.75. The van der Waals surface area contributed by atoms with Gasteiger partial charge in [0.25, 0.3) is 0 Å². The van der Waals surface area contributed by atoms with Crippen LogP contribution in [-0.4, -0.2) is 60.5 Å². The highest BCUT2D eigenvalue weighted by Gasteiger charge is 2.45. The molecule has 8 heteroatoms. The number of aromatic nitrogens is 2. The van der Waals surface area contributed by atoms with Gasteiger partial charge in [-0.05, 0) is 31.9 Å². The fourth-order valence-electron chi connectivity index (χ4n) is 3.25. The third-order valence-electron chi connectivity index (χ3n) is 4.33. The first-order chi connectivity index (χ1) is 10.4. The normalized spacial score (nSPS) is 29.8. The smallest absolute Gasteiger partial charge is 0.211 e. The molecule has 3 heterocycles. The molecule has 2 aliphatic rings. The number of nitrogens with one attached hydrogen (secondary N) is 1. The number of ether oxygens (including phenoxy) is 1. The van der Waals surface area contributed by atoms with Crippen molar-refractivity contribution in [2.24, 2.45) is 0 Å². The van der Waals surface area contributed by atoms with Crippen LogP contribution in [0.15, 0.2) is 12.1 Å². The van der Waals surface area contributed by atoms with E-state index >= 15 is 0 Å². The van der Waals surface area contributed by atoms with Crippen molar-refractivity contribution >= 4 is 15.8 Å². The van der Waals surface area contributed by atoms with Gasteiger partial charge in [0.15, 0.2) is 0 Å². The van der Waals surface area contributed by atoms with Gasteiger partial charge >= 0.3 is 0 Å². The van der Waals surface area contributed by atoms with Crippen molar-refractivity contribution in [2.75, 3.05) is 31.3 Å². The van der Waals surface area contributed by atoms with Crippen LogP contribution in [0.1, 0.15) is 25.0 Å². The van der Waals surface area contributed by atoms with E-state index in [1.807, 2.05) is 19.1 Å². The molecule has 2 unspecified atom stereocenters. The Morgan fingerprint density at radius 3 is 2.91 bits per heavy atom. The predicted molar refractivity (Wildman–Crippen MR) is 83.1 cm³/mol. The lowest BCUT2D eigenvalue weighted by atomic mass is 9.90. The van der Waals surface area contributed by atoms with Crippen LogP contribution in [0.3, 0.4) is 0 Å². The molecule has 0 saturated carbocycles. The van der Waals surface area contributed by atoms with Crippen LogP contribution in [0.4, 0.5) is 5.82 Å². The van der Waals surface area contributed by atoms with Crippen LogP contribution in [-0.2, 0) is 14.8 Å². The van der Waals surface area contributed by atoms with Gasteiger partial charge in [-0.1, -0.05) is 0 Å². The first kappa shape index (κ1) is 15.6. The summed E-state index contributed by atoms with van der Waals surface area (Å²) in [5, 5.41) is 11.5. The zero-order chi connectivity index (χ0) is 15.8. The van der Waals surface area contributed by atoms with Crippen LogP contribution < -0.4 is 5.32 Å². The van der Waals surface area contributed by atoms with Crippen LogP contribution in [0, 0.1) is 6.92 Å². The maximum atomic E-state index is 11.8. The summed E-state index contributed by atoms with van der Waals surface area (Å²) in [5.41, 5.74) is 0.512. The van der Waals surface area contributed by atoms with E-state index in [9.17, 15) is 8.42 Å². The molecule has 0 amide bonds. The third-order valence-corrected chi connectivity index (χ3v) is 5.58. The Hall–Kier alpha value is -1.25. The number of anilines is 1. The molecule has 2 aliphatic heterocycles. The van der Waals surface area contributed by atoms with E-state index in [-0.39, 0.29) is 11.6 Å². The number of aryl methyl sites for hydroxylation is 1. The zero-order valence-electron chi connectivity index (χ0n) is 12.9. The average molecular weight is 326 g/mol. The van der Waals surface area contributed by atoms with E-state index in [0.717, 1.165) is 30.8 Å². The lowest BCUT2D eigenvalue weighted by molar-refractivity contribution is -0.0328. The van der Waals surface area contributed by atoms with Gasteiger partial charge in [0.1, 0.15) is 5.82 Å². The number of sulfonamides is 1. The Bertz CT molecular complexity index is 634. The maximum Gasteiger partial charge on any atom is 0.211 e. The van der Waals surface area contributed by atoms with Crippen molar-refractivity contribution < 1.29 is 13.2 Å². The van der Waals surface area contributed by atoms with Crippen molar-refractivity contribution in [3.63, 3.8) is 0 Å². The highest BCUT2D eigenvalue weighted by atomic mass is 32.2. The molecule has 3 rings (SSSR count). The molecule has 1 spiro atoms. The maximum absolute atomic E-state index is 11.8. The minimum Gasteiger partial charge on any atom is -0.371 e.